The van der Waals surface area contributed by atoms with E-state index in [1.165, 1.54) is 6.07 Å². The first-order valence-electron chi connectivity index (χ1n) is 7.90. The van der Waals surface area contributed by atoms with Crippen molar-refractivity contribution < 1.29 is 14.3 Å². The van der Waals surface area contributed by atoms with Crippen LogP contribution in [0, 0.1) is 0 Å². The molecule has 2 amide bonds. The van der Waals surface area contributed by atoms with Crippen molar-refractivity contribution in [2.75, 3.05) is 0 Å². The monoisotopic (exact) mass is 425 g/mol. The Balaban J connectivity index is 1.76. The molecule has 1 unspecified atom stereocenters. The Morgan fingerprint density at radius 3 is 2.48 bits per heavy atom. The Bertz CT molecular complexity index is 834. The zero-order valence-electron chi connectivity index (χ0n) is 14.3. The Labute approximate surface area is 172 Å². The van der Waals surface area contributed by atoms with Gasteiger partial charge in [0.1, 0.15) is 5.75 Å². The van der Waals surface area contributed by atoms with Crippen LogP contribution in [0.25, 0.3) is 0 Å². The second kappa shape index (κ2) is 10.1. The quantitative estimate of drug-likeness (QED) is 0.506. The number of hydrogen-bond acceptors (Lipinski definition) is 4. The molecule has 0 aromatic heterocycles. The van der Waals surface area contributed by atoms with Gasteiger partial charge in [0.05, 0.1) is 11.4 Å². The number of thiocarbonyl (C=S) groups is 1. The highest BCUT2D eigenvalue weighted by Gasteiger charge is 2.16. The lowest BCUT2D eigenvalue weighted by Gasteiger charge is -2.17. The van der Waals surface area contributed by atoms with Crippen molar-refractivity contribution in [1.82, 2.24) is 16.2 Å². The second-order valence-electron chi connectivity index (χ2n) is 5.49. The maximum atomic E-state index is 12.1. The molecule has 0 saturated carbocycles. The van der Waals surface area contributed by atoms with Gasteiger partial charge in [0, 0.05) is 5.02 Å². The zero-order valence-corrected chi connectivity index (χ0v) is 16.6. The molecular weight excluding hydrogens is 409 g/mol. The molecule has 2 rings (SSSR count). The van der Waals surface area contributed by atoms with Gasteiger partial charge < -0.3 is 10.1 Å². The van der Waals surface area contributed by atoms with Crippen LogP contribution >= 0.6 is 35.4 Å². The molecule has 0 radical (unpaired) electrons. The Morgan fingerprint density at radius 1 is 1.11 bits per heavy atom. The van der Waals surface area contributed by atoms with Gasteiger partial charge in [-0.05, 0) is 42.9 Å². The number of ether oxygens (including phenoxy) is 1. The van der Waals surface area contributed by atoms with Crippen LogP contribution in [-0.4, -0.2) is 23.0 Å². The van der Waals surface area contributed by atoms with E-state index in [9.17, 15) is 9.59 Å². The van der Waals surface area contributed by atoms with E-state index >= 15 is 0 Å². The summed E-state index contributed by atoms with van der Waals surface area (Å²) in [7, 11) is 0. The van der Waals surface area contributed by atoms with Gasteiger partial charge in [-0.1, -0.05) is 53.5 Å². The van der Waals surface area contributed by atoms with Gasteiger partial charge in [-0.3, -0.25) is 20.4 Å². The van der Waals surface area contributed by atoms with Gasteiger partial charge in [0.15, 0.2) is 11.2 Å². The minimum absolute atomic E-state index is 0.0268. The molecule has 0 fully saturated rings. The average molecular weight is 426 g/mol. The van der Waals surface area contributed by atoms with Gasteiger partial charge in [0.25, 0.3) is 5.91 Å². The smallest absolute Gasteiger partial charge is 0.279 e. The highest BCUT2D eigenvalue weighted by molar-refractivity contribution is 7.80. The van der Waals surface area contributed by atoms with Crippen LogP contribution in [0.2, 0.25) is 10.0 Å². The summed E-state index contributed by atoms with van der Waals surface area (Å²) in [5.74, 6) is -0.478. The van der Waals surface area contributed by atoms with E-state index in [0.717, 1.165) is 5.56 Å². The lowest BCUT2D eigenvalue weighted by atomic mass is 10.1. The summed E-state index contributed by atoms with van der Waals surface area (Å²) in [6, 6.07) is 13.9. The van der Waals surface area contributed by atoms with Crippen molar-refractivity contribution in [2.45, 2.75) is 19.4 Å². The number of rotatable bonds is 5. The van der Waals surface area contributed by atoms with Crippen LogP contribution in [-0.2, 0) is 16.0 Å². The van der Waals surface area contributed by atoms with Crippen LogP contribution in [0.1, 0.15) is 12.5 Å². The third-order valence-electron chi connectivity index (χ3n) is 3.33. The van der Waals surface area contributed by atoms with E-state index < -0.39 is 12.0 Å². The van der Waals surface area contributed by atoms with Crippen molar-refractivity contribution in [2.24, 2.45) is 0 Å². The van der Waals surface area contributed by atoms with E-state index in [1.807, 2.05) is 30.3 Å². The fourth-order valence-electron chi connectivity index (χ4n) is 2.02. The number of amides is 2. The molecule has 1 atom stereocenters. The van der Waals surface area contributed by atoms with Gasteiger partial charge in [-0.25, -0.2) is 0 Å². The van der Waals surface area contributed by atoms with Crippen molar-refractivity contribution in [3.05, 3.63) is 64.1 Å². The number of hydrazine groups is 1. The first-order chi connectivity index (χ1) is 12.8. The fourth-order valence-corrected chi connectivity index (χ4v) is 2.64. The molecule has 0 aliphatic carbocycles. The number of nitrogens with one attached hydrogen (secondary N) is 3. The molecule has 0 heterocycles. The van der Waals surface area contributed by atoms with Crippen LogP contribution < -0.4 is 20.9 Å². The van der Waals surface area contributed by atoms with E-state index in [2.05, 4.69) is 16.2 Å². The molecule has 9 heteroatoms. The Kier molecular flexibility index (Phi) is 7.84. The number of halogens is 2. The molecule has 0 aliphatic rings. The van der Waals surface area contributed by atoms with Gasteiger partial charge in [-0.2, -0.15) is 0 Å². The van der Waals surface area contributed by atoms with E-state index in [0.29, 0.717) is 15.8 Å². The normalized spacial score (nSPS) is 11.2. The highest BCUT2D eigenvalue weighted by atomic mass is 35.5. The van der Waals surface area contributed by atoms with Crippen molar-refractivity contribution in [1.29, 1.82) is 0 Å². The maximum absolute atomic E-state index is 12.1. The highest BCUT2D eigenvalue weighted by Crippen LogP contribution is 2.28. The summed E-state index contributed by atoms with van der Waals surface area (Å²) >= 11 is 16.8. The lowest BCUT2D eigenvalue weighted by molar-refractivity contribution is -0.128. The van der Waals surface area contributed by atoms with Crippen LogP contribution in [0.4, 0.5) is 0 Å². The summed E-state index contributed by atoms with van der Waals surface area (Å²) in [6.45, 7) is 1.54. The first kappa shape index (κ1) is 21.0. The molecule has 3 N–H and O–H groups in total. The van der Waals surface area contributed by atoms with Crippen LogP contribution in [0.5, 0.6) is 5.75 Å². The minimum Gasteiger partial charge on any atom is -0.479 e. The summed E-state index contributed by atoms with van der Waals surface area (Å²) in [5.41, 5.74) is 5.67. The number of benzene rings is 2. The second-order valence-corrected chi connectivity index (χ2v) is 6.74. The number of hydrogen-bond donors (Lipinski definition) is 3. The summed E-state index contributed by atoms with van der Waals surface area (Å²) < 4.78 is 5.48. The molecule has 0 aliphatic heterocycles. The number of carbonyl (C=O) groups excluding carboxylic acids is 2. The predicted octanol–water partition coefficient (Wildman–Crippen LogP) is 3.03. The maximum Gasteiger partial charge on any atom is 0.279 e. The standard InChI is InChI=1S/C18H17Cl2N3O3S/c1-11(26-15-8-7-13(19)10-14(15)20)17(25)22-23-18(27)21-16(24)9-12-5-3-2-4-6-12/h2-8,10-11H,9H2,1H3,(H,22,25)(H2,21,23,24,27). The number of carbonyl (C=O) groups is 2. The largest absolute Gasteiger partial charge is 0.479 e. The lowest BCUT2D eigenvalue weighted by Crippen LogP contribution is -2.51. The molecule has 0 spiro atoms. The first-order valence-corrected chi connectivity index (χ1v) is 9.07. The Morgan fingerprint density at radius 2 is 1.81 bits per heavy atom. The summed E-state index contributed by atoms with van der Waals surface area (Å²) in [5, 5.41) is 3.20. The topological polar surface area (TPSA) is 79.5 Å². The van der Waals surface area contributed by atoms with E-state index in [1.54, 1.807) is 19.1 Å². The summed E-state index contributed by atoms with van der Waals surface area (Å²) in [6.07, 6.45) is -0.690. The van der Waals surface area contributed by atoms with Crippen molar-refractivity contribution in [3.8, 4) is 5.75 Å². The zero-order chi connectivity index (χ0) is 19.8. The average Bonchev–Trinajstić information content (AvgIpc) is 2.62. The molecule has 6 nitrogen and oxygen atoms in total. The summed E-state index contributed by atoms with van der Waals surface area (Å²) in [4.78, 5) is 24.0. The van der Waals surface area contributed by atoms with E-state index in [-0.39, 0.29) is 17.4 Å². The Hall–Kier alpha value is -2.35. The third-order valence-corrected chi connectivity index (χ3v) is 4.06. The van der Waals surface area contributed by atoms with E-state index in [4.69, 9.17) is 40.2 Å². The predicted molar refractivity (Wildman–Crippen MR) is 109 cm³/mol. The SMILES string of the molecule is CC(Oc1ccc(Cl)cc1Cl)C(=O)NNC(=S)NC(=O)Cc1ccccc1. The molecular formula is C18H17Cl2N3O3S. The van der Waals surface area contributed by atoms with Crippen LogP contribution in [0.3, 0.4) is 0 Å². The van der Waals surface area contributed by atoms with Gasteiger partial charge in [0.2, 0.25) is 5.91 Å². The van der Waals surface area contributed by atoms with Crippen LogP contribution in [0.15, 0.2) is 48.5 Å². The molecule has 2 aromatic carbocycles. The van der Waals surface area contributed by atoms with Crippen molar-refractivity contribution in [3.63, 3.8) is 0 Å². The molecule has 142 valence electrons. The molecule has 0 bridgehead atoms. The fraction of sp³-hybridized carbons (Fsp3) is 0.167. The van der Waals surface area contributed by atoms with Crippen molar-refractivity contribution >= 4 is 52.3 Å². The van der Waals surface area contributed by atoms with Gasteiger partial charge >= 0.3 is 0 Å². The molecule has 0 saturated heterocycles. The van der Waals surface area contributed by atoms with Gasteiger partial charge in [-0.15, -0.1) is 0 Å². The molecule has 2 aromatic rings. The third kappa shape index (κ3) is 7.05. The minimum atomic E-state index is -0.862. The molecule has 27 heavy (non-hydrogen) atoms.